The fourth-order valence-corrected chi connectivity index (χ4v) is 2.66. The van der Waals surface area contributed by atoms with Gasteiger partial charge >= 0.3 is 0 Å². The highest BCUT2D eigenvalue weighted by molar-refractivity contribution is 8.14. The van der Waals surface area contributed by atoms with Crippen molar-refractivity contribution >= 4 is 28.8 Å². The molecule has 0 bridgehead atoms. The standard InChI is InChI=1S/C10H14N2O3S/c1-6(2)9(14)11-3-7(4-11)12-8(13)5-16-10(12)15/h6-7H,3-5H2,1-2H3. The summed E-state index contributed by atoms with van der Waals surface area (Å²) in [5.41, 5.74) is 0. The number of likely N-dealkylation sites (tertiary alicyclic amines) is 1. The van der Waals surface area contributed by atoms with Gasteiger partial charge in [-0.05, 0) is 0 Å². The molecule has 2 fully saturated rings. The van der Waals surface area contributed by atoms with Crippen LogP contribution in [0.4, 0.5) is 4.79 Å². The summed E-state index contributed by atoms with van der Waals surface area (Å²) in [4.78, 5) is 37.4. The monoisotopic (exact) mass is 242 g/mol. The van der Waals surface area contributed by atoms with E-state index in [9.17, 15) is 14.4 Å². The van der Waals surface area contributed by atoms with Crippen molar-refractivity contribution in [3.8, 4) is 0 Å². The number of imide groups is 1. The summed E-state index contributed by atoms with van der Waals surface area (Å²) in [7, 11) is 0. The van der Waals surface area contributed by atoms with E-state index in [1.807, 2.05) is 13.8 Å². The molecule has 5 nitrogen and oxygen atoms in total. The molecule has 0 unspecified atom stereocenters. The van der Waals surface area contributed by atoms with Crippen LogP contribution in [0.25, 0.3) is 0 Å². The van der Waals surface area contributed by atoms with Gasteiger partial charge in [0, 0.05) is 19.0 Å². The first-order valence-electron chi connectivity index (χ1n) is 5.28. The Morgan fingerprint density at radius 3 is 2.44 bits per heavy atom. The molecule has 0 N–H and O–H groups in total. The van der Waals surface area contributed by atoms with Crippen molar-refractivity contribution in [3.05, 3.63) is 0 Å². The second-order valence-electron chi connectivity index (χ2n) is 4.37. The third kappa shape index (κ3) is 1.81. The third-order valence-electron chi connectivity index (χ3n) is 2.82. The molecular formula is C10H14N2O3S. The summed E-state index contributed by atoms with van der Waals surface area (Å²) < 4.78 is 0. The molecule has 0 spiro atoms. The van der Waals surface area contributed by atoms with Gasteiger partial charge in [0.15, 0.2) is 0 Å². The van der Waals surface area contributed by atoms with Crippen LogP contribution < -0.4 is 0 Å². The summed E-state index contributed by atoms with van der Waals surface area (Å²) in [6.07, 6.45) is 0. The fourth-order valence-electron chi connectivity index (χ4n) is 1.88. The highest BCUT2D eigenvalue weighted by Crippen LogP contribution is 2.26. The van der Waals surface area contributed by atoms with Gasteiger partial charge in [0.25, 0.3) is 5.24 Å². The zero-order chi connectivity index (χ0) is 11.9. The Labute approximate surface area is 98.1 Å². The molecule has 0 aromatic heterocycles. The molecule has 16 heavy (non-hydrogen) atoms. The normalized spacial score (nSPS) is 21.9. The van der Waals surface area contributed by atoms with Gasteiger partial charge in [0.1, 0.15) is 0 Å². The van der Waals surface area contributed by atoms with Crippen LogP contribution in [0.15, 0.2) is 0 Å². The lowest BCUT2D eigenvalue weighted by molar-refractivity contribution is -0.144. The number of carbonyl (C=O) groups excluding carboxylic acids is 3. The first-order valence-corrected chi connectivity index (χ1v) is 6.27. The van der Waals surface area contributed by atoms with Gasteiger partial charge < -0.3 is 4.90 Å². The molecule has 2 saturated heterocycles. The lowest BCUT2D eigenvalue weighted by atomic mass is 10.0. The molecule has 0 atom stereocenters. The van der Waals surface area contributed by atoms with Crippen LogP contribution in [0, 0.1) is 5.92 Å². The number of hydrogen-bond acceptors (Lipinski definition) is 4. The molecule has 0 saturated carbocycles. The molecule has 2 aliphatic heterocycles. The summed E-state index contributed by atoms with van der Waals surface area (Å²) >= 11 is 1.04. The van der Waals surface area contributed by atoms with E-state index in [1.165, 1.54) is 4.90 Å². The summed E-state index contributed by atoms with van der Waals surface area (Å²) in [5, 5.41) is -0.174. The molecule has 2 rings (SSSR count). The number of amides is 3. The van der Waals surface area contributed by atoms with E-state index in [4.69, 9.17) is 0 Å². The van der Waals surface area contributed by atoms with E-state index in [0.717, 1.165) is 11.8 Å². The van der Waals surface area contributed by atoms with E-state index < -0.39 is 0 Å². The minimum atomic E-state index is -0.174. The Hall–Kier alpha value is -1.04. The molecular weight excluding hydrogens is 228 g/mol. The largest absolute Gasteiger partial charge is 0.338 e. The van der Waals surface area contributed by atoms with E-state index in [1.54, 1.807) is 4.90 Å². The van der Waals surface area contributed by atoms with E-state index >= 15 is 0 Å². The van der Waals surface area contributed by atoms with Crippen molar-refractivity contribution in [2.24, 2.45) is 5.92 Å². The SMILES string of the molecule is CC(C)C(=O)N1CC(N2C(=O)CSC2=O)C1. The van der Waals surface area contributed by atoms with Crippen molar-refractivity contribution in [2.45, 2.75) is 19.9 Å². The van der Waals surface area contributed by atoms with Gasteiger partial charge in [0.05, 0.1) is 11.8 Å². The molecule has 3 amide bonds. The van der Waals surface area contributed by atoms with Crippen LogP contribution in [0.5, 0.6) is 0 Å². The summed E-state index contributed by atoms with van der Waals surface area (Å²) in [6.45, 7) is 4.68. The maximum atomic E-state index is 11.6. The van der Waals surface area contributed by atoms with Crippen LogP contribution in [0.3, 0.4) is 0 Å². The number of rotatable bonds is 2. The van der Waals surface area contributed by atoms with Crippen molar-refractivity contribution in [2.75, 3.05) is 18.8 Å². The molecule has 2 aliphatic rings. The van der Waals surface area contributed by atoms with Crippen molar-refractivity contribution in [3.63, 3.8) is 0 Å². The number of thioether (sulfide) groups is 1. The molecule has 0 aromatic carbocycles. The Balaban J connectivity index is 1.91. The highest BCUT2D eigenvalue weighted by atomic mass is 32.2. The van der Waals surface area contributed by atoms with Gasteiger partial charge in [-0.2, -0.15) is 0 Å². The van der Waals surface area contributed by atoms with Crippen molar-refractivity contribution in [1.82, 2.24) is 9.80 Å². The first kappa shape index (κ1) is 11.4. The average molecular weight is 242 g/mol. The predicted molar refractivity (Wildman–Crippen MR) is 59.9 cm³/mol. The quantitative estimate of drug-likeness (QED) is 0.709. The number of nitrogens with zero attached hydrogens (tertiary/aromatic N) is 2. The molecule has 0 aromatic rings. The van der Waals surface area contributed by atoms with Gasteiger partial charge in [-0.1, -0.05) is 25.6 Å². The molecule has 2 heterocycles. The third-order valence-corrected chi connectivity index (χ3v) is 3.65. The number of hydrogen-bond donors (Lipinski definition) is 0. The topological polar surface area (TPSA) is 57.7 Å². The average Bonchev–Trinajstić information content (AvgIpc) is 2.46. The highest BCUT2D eigenvalue weighted by Gasteiger charge is 2.43. The van der Waals surface area contributed by atoms with Crippen LogP contribution >= 0.6 is 11.8 Å². The summed E-state index contributed by atoms with van der Waals surface area (Å²) in [5.74, 6) is 0.174. The van der Waals surface area contributed by atoms with Crippen molar-refractivity contribution in [1.29, 1.82) is 0 Å². The smallest absolute Gasteiger partial charge is 0.289 e. The zero-order valence-electron chi connectivity index (χ0n) is 9.30. The van der Waals surface area contributed by atoms with Crippen LogP contribution in [0.1, 0.15) is 13.8 Å². The van der Waals surface area contributed by atoms with E-state index in [2.05, 4.69) is 0 Å². The Bertz CT molecular complexity index is 334. The zero-order valence-corrected chi connectivity index (χ0v) is 10.1. The Morgan fingerprint density at radius 2 is 2.00 bits per heavy atom. The maximum absolute atomic E-state index is 11.6. The van der Waals surface area contributed by atoms with E-state index in [0.29, 0.717) is 13.1 Å². The van der Waals surface area contributed by atoms with Crippen molar-refractivity contribution < 1.29 is 14.4 Å². The Kier molecular flexibility index (Phi) is 2.92. The van der Waals surface area contributed by atoms with Gasteiger partial charge in [-0.15, -0.1) is 0 Å². The maximum Gasteiger partial charge on any atom is 0.289 e. The Morgan fingerprint density at radius 1 is 1.38 bits per heavy atom. The molecule has 0 radical (unpaired) electrons. The second kappa shape index (κ2) is 4.08. The second-order valence-corrected chi connectivity index (χ2v) is 5.30. The first-order chi connectivity index (χ1) is 7.50. The molecule has 0 aliphatic carbocycles. The van der Waals surface area contributed by atoms with Gasteiger partial charge in [-0.25, -0.2) is 0 Å². The van der Waals surface area contributed by atoms with Crippen LogP contribution in [-0.4, -0.2) is 51.7 Å². The fraction of sp³-hybridized carbons (Fsp3) is 0.700. The van der Waals surface area contributed by atoms with Crippen LogP contribution in [0.2, 0.25) is 0 Å². The molecule has 88 valence electrons. The minimum absolute atomic E-state index is 0.0275. The lowest BCUT2D eigenvalue weighted by Crippen LogP contribution is -2.62. The van der Waals surface area contributed by atoms with Gasteiger partial charge in [-0.3, -0.25) is 19.3 Å². The molecule has 6 heteroatoms. The lowest BCUT2D eigenvalue weighted by Gasteiger charge is -2.43. The summed E-state index contributed by atoms with van der Waals surface area (Å²) in [6, 6.07) is -0.0994. The van der Waals surface area contributed by atoms with E-state index in [-0.39, 0.29) is 34.8 Å². The number of carbonyl (C=O) groups is 3. The van der Waals surface area contributed by atoms with Gasteiger partial charge in [0.2, 0.25) is 11.8 Å². The van der Waals surface area contributed by atoms with Crippen LogP contribution in [-0.2, 0) is 9.59 Å². The predicted octanol–water partition coefficient (Wildman–Crippen LogP) is 0.549. The minimum Gasteiger partial charge on any atom is -0.338 e.